The predicted octanol–water partition coefficient (Wildman–Crippen LogP) is 3.49. The molecule has 0 saturated heterocycles. The van der Waals surface area contributed by atoms with Gasteiger partial charge in [-0.3, -0.25) is 0 Å². The Morgan fingerprint density at radius 1 is 1.20 bits per heavy atom. The van der Waals surface area contributed by atoms with Crippen LogP contribution in [-0.2, 0) is 18.4 Å². The van der Waals surface area contributed by atoms with Crippen LogP contribution < -0.4 is 0 Å². The molecule has 1 atom stereocenters. The molecule has 1 aliphatic carbocycles. The van der Waals surface area contributed by atoms with Crippen molar-refractivity contribution in [2.24, 2.45) is 0 Å². The Kier molecular flexibility index (Phi) is 3.67. The fourth-order valence-electron chi connectivity index (χ4n) is 3.25. The van der Waals surface area contributed by atoms with Crippen molar-refractivity contribution in [1.82, 2.24) is 25.1 Å². The minimum absolute atomic E-state index is 0.0757. The van der Waals surface area contributed by atoms with Crippen LogP contribution in [0.15, 0.2) is 28.8 Å². The van der Waals surface area contributed by atoms with Crippen molar-refractivity contribution in [2.45, 2.75) is 51.5 Å². The van der Waals surface area contributed by atoms with E-state index in [2.05, 4.69) is 41.2 Å². The van der Waals surface area contributed by atoms with Gasteiger partial charge in [0.1, 0.15) is 5.82 Å². The quantitative estimate of drug-likeness (QED) is 0.713. The van der Waals surface area contributed by atoms with E-state index in [-0.39, 0.29) is 17.3 Å². The molecule has 0 fully saturated rings. The predicted molar refractivity (Wildman–Crippen MR) is 89.5 cm³/mol. The summed E-state index contributed by atoms with van der Waals surface area (Å²) >= 11 is 0. The Morgan fingerprint density at radius 2 is 1.96 bits per heavy atom. The molecule has 0 saturated carbocycles. The Hall–Kier alpha value is -2.57. The second-order valence-electron chi connectivity index (χ2n) is 7.47. The zero-order valence-corrected chi connectivity index (χ0v) is 14.5. The van der Waals surface area contributed by atoms with Crippen LogP contribution in [0.5, 0.6) is 0 Å². The smallest absolute Gasteiger partial charge is 0.230 e. The number of hydrogen-bond acceptors (Lipinski definition) is 5. The zero-order valence-electron chi connectivity index (χ0n) is 14.5. The standard InChI is InChI=1S/C18H20FN5O/c1-18(2,3)24-15-9-6-12(10-14(15)21-23-24)17-20-16(22-25-17)11-4-7-13(19)8-5-11/h4-5,7-8,12H,6,9-10H2,1-3H3. The van der Waals surface area contributed by atoms with Gasteiger partial charge in [0.2, 0.25) is 11.7 Å². The van der Waals surface area contributed by atoms with Crippen LogP contribution in [0.25, 0.3) is 11.4 Å². The zero-order chi connectivity index (χ0) is 17.6. The SMILES string of the molecule is CC(C)(C)n1nnc2c1CCC(c1nc(-c3ccc(F)cc3)no1)C2. The first kappa shape index (κ1) is 15.9. The van der Waals surface area contributed by atoms with E-state index in [4.69, 9.17) is 4.52 Å². The average molecular weight is 341 g/mol. The lowest BCUT2D eigenvalue weighted by atomic mass is 9.89. The second kappa shape index (κ2) is 5.75. The van der Waals surface area contributed by atoms with Gasteiger partial charge < -0.3 is 4.52 Å². The third-order valence-electron chi connectivity index (χ3n) is 4.54. The van der Waals surface area contributed by atoms with Crippen molar-refractivity contribution in [1.29, 1.82) is 0 Å². The van der Waals surface area contributed by atoms with Gasteiger partial charge >= 0.3 is 0 Å². The highest BCUT2D eigenvalue weighted by Gasteiger charge is 2.31. The van der Waals surface area contributed by atoms with E-state index in [1.54, 1.807) is 12.1 Å². The molecular weight excluding hydrogens is 321 g/mol. The molecule has 1 aliphatic rings. The van der Waals surface area contributed by atoms with E-state index in [1.165, 1.54) is 17.8 Å². The van der Waals surface area contributed by atoms with Crippen LogP contribution in [0.2, 0.25) is 0 Å². The summed E-state index contributed by atoms with van der Waals surface area (Å²) in [7, 11) is 0. The highest BCUT2D eigenvalue weighted by atomic mass is 19.1. The third kappa shape index (κ3) is 2.94. The molecule has 7 heteroatoms. The van der Waals surface area contributed by atoms with Gasteiger partial charge in [-0.25, -0.2) is 9.07 Å². The van der Waals surface area contributed by atoms with Crippen LogP contribution >= 0.6 is 0 Å². The summed E-state index contributed by atoms with van der Waals surface area (Å²) in [4.78, 5) is 4.51. The lowest BCUT2D eigenvalue weighted by molar-refractivity contribution is 0.320. The van der Waals surface area contributed by atoms with E-state index in [1.807, 2.05) is 4.68 Å². The molecular formula is C18H20FN5O. The molecule has 6 nitrogen and oxygen atoms in total. The fraction of sp³-hybridized carbons (Fsp3) is 0.444. The molecule has 4 rings (SSSR count). The highest BCUT2D eigenvalue weighted by Crippen LogP contribution is 2.33. The Morgan fingerprint density at radius 3 is 2.68 bits per heavy atom. The largest absolute Gasteiger partial charge is 0.339 e. The summed E-state index contributed by atoms with van der Waals surface area (Å²) in [6, 6.07) is 6.09. The number of aromatic nitrogens is 5. The highest BCUT2D eigenvalue weighted by molar-refractivity contribution is 5.53. The van der Waals surface area contributed by atoms with Crippen molar-refractivity contribution >= 4 is 0 Å². The van der Waals surface area contributed by atoms with Gasteiger partial charge in [-0.1, -0.05) is 10.4 Å². The Bertz CT molecular complexity index is 891. The van der Waals surface area contributed by atoms with Gasteiger partial charge in [0, 0.05) is 17.9 Å². The minimum Gasteiger partial charge on any atom is -0.339 e. The number of hydrogen-bond donors (Lipinski definition) is 0. The number of benzene rings is 1. The number of fused-ring (bicyclic) bond motifs is 1. The van der Waals surface area contributed by atoms with Crippen molar-refractivity contribution < 1.29 is 8.91 Å². The number of halogens is 1. The first-order valence-corrected chi connectivity index (χ1v) is 8.45. The van der Waals surface area contributed by atoms with Crippen LogP contribution in [0.1, 0.15) is 50.4 Å². The van der Waals surface area contributed by atoms with Gasteiger partial charge in [-0.15, -0.1) is 5.10 Å². The van der Waals surface area contributed by atoms with E-state index in [9.17, 15) is 4.39 Å². The molecule has 2 aromatic heterocycles. The Labute approximate surface area is 145 Å². The first-order chi connectivity index (χ1) is 11.9. The van der Waals surface area contributed by atoms with Gasteiger partial charge in [0.15, 0.2) is 0 Å². The summed E-state index contributed by atoms with van der Waals surface area (Å²) < 4.78 is 20.5. The molecule has 0 amide bonds. The van der Waals surface area contributed by atoms with Gasteiger partial charge in [0.05, 0.1) is 16.9 Å². The topological polar surface area (TPSA) is 69.6 Å². The normalized spacial score (nSPS) is 17.5. The molecule has 0 radical (unpaired) electrons. The van der Waals surface area contributed by atoms with Crippen LogP contribution in [-0.4, -0.2) is 25.1 Å². The van der Waals surface area contributed by atoms with Gasteiger partial charge in [0.25, 0.3) is 0 Å². The molecule has 0 bridgehead atoms. The molecule has 1 aromatic carbocycles. The summed E-state index contributed by atoms with van der Waals surface area (Å²) in [5.41, 5.74) is 2.87. The van der Waals surface area contributed by atoms with Crippen LogP contribution in [0, 0.1) is 5.82 Å². The molecule has 0 N–H and O–H groups in total. The molecule has 0 aliphatic heterocycles. The molecule has 130 valence electrons. The number of rotatable bonds is 2. The monoisotopic (exact) mass is 341 g/mol. The lowest BCUT2D eigenvalue weighted by Crippen LogP contribution is -2.27. The van der Waals surface area contributed by atoms with Crippen LogP contribution in [0.4, 0.5) is 4.39 Å². The van der Waals surface area contributed by atoms with Crippen molar-refractivity contribution in [3.05, 3.63) is 47.4 Å². The van der Waals surface area contributed by atoms with Gasteiger partial charge in [-0.2, -0.15) is 4.98 Å². The maximum atomic E-state index is 13.0. The summed E-state index contributed by atoms with van der Waals surface area (Å²) in [6.45, 7) is 6.38. The second-order valence-corrected chi connectivity index (χ2v) is 7.47. The van der Waals surface area contributed by atoms with Crippen molar-refractivity contribution in [3.8, 4) is 11.4 Å². The Balaban J connectivity index is 1.57. The van der Waals surface area contributed by atoms with E-state index >= 15 is 0 Å². The maximum absolute atomic E-state index is 13.0. The lowest BCUT2D eigenvalue weighted by Gasteiger charge is -2.24. The van der Waals surface area contributed by atoms with Crippen molar-refractivity contribution in [3.63, 3.8) is 0 Å². The molecule has 0 spiro atoms. The molecule has 1 unspecified atom stereocenters. The number of nitrogens with zero attached hydrogens (tertiary/aromatic N) is 5. The van der Waals surface area contributed by atoms with Crippen LogP contribution in [0.3, 0.4) is 0 Å². The van der Waals surface area contributed by atoms with Crippen molar-refractivity contribution in [2.75, 3.05) is 0 Å². The first-order valence-electron chi connectivity index (χ1n) is 8.45. The minimum atomic E-state index is -0.283. The van der Waals surface area contributed by atoms with Gasteiger partial charge in [-0.05, 0) is 57.9 Å². The summed E-state index contributed by atoms with van der Waals surface area (Å²) in [6.07, 6.45) is 2.55. The summed E-state index contributed by atoms with van der Waals surface area (Å²) in [5, 5.41) is 12.7. The van der Waals surface area contributed by atoms with E-state index in [0.717, 1.165) is 30.5 Å². The maximum Gasteiger partial charge on any atom is 0.230 e. The van der Waals surface area contributed by atoms with E-state index in [0.29, 0.717) is 11.7 Å². The third-order valence-corrected chi connectivity index (χ3v) is 4.54. The molecule has 2 heterocycles. The van der Waals surface area contributed by atoms with E-state index < -0.39 is 0 Å². The average Bonchev–Trinajstić information content (AvgIpc) is 3.21. The fourth-order valence-corrected chi connectivity index (χ4v) is 3.25. The molecule has 3 aromatic rings. The summed E-state index contributed by atoms with van der Waals surface area (Å²) in [5.74, 6) is 0.947. The molecule has 25 heavy (non-hydrogen) atoms.